The first-order valence-corrected chi connectivity index (χ1v) is 8.36. The number of carbonyl (C=O) groups excluding carboxylic acids is 1. The Bertz CT molecular complexity index is 934. The third-order valence-corrected chi connectivity index (χ3v) is 3.95. The summed E-state index contributed by atoms with van der Waals surface area (Å²) in [6, 6.07) is 13.7. The second kappa shape index (κ2) is 6.89. The van der Waals surface area contributed by atoms with E-state index in [1.165, 1.54) is 6.92 Å². The van der Waals surface area contributed by atoms with Crippen LogP contribution in [0.1, 0.15) is 38.1 Å². The molecule has 128 valence electrons. The fourth-order valence-electron chi connectivity index (χ4n) is 2.61. The van der Waals surface area contributed by atoms with Crippen LogP contribution in [0.25, 0.3) is 10.9 Å². The molecule has 1 heterocycles. The molecule has 25 heavy (non-hydrogen) atoms. The number of aryl methyl sites for hydroxylation is 1. The van der Waals surface area contributed by atoms with Gasteiger partial charge < -0.3 is 10.6 Å². The summed E-state index contributed by atoms with van der Waals surface area (Å²) in [5.41, 5.74) is 3.65. The summed E-state index contributed by atoms with van der Waals surface area (Å²) in [6.07, 6.45) is 0. The number of anilines is 3. The van der Waals surface area contributed by atoms with Crippen LogP contribution in [0.2, 0.25) is 0 Å². The molecule has 3 aromatic rings. The molecule has 0 fully saturated rings. The van der Waals surface area contributed by atoms with Gasteiger partial charge in [0.05, 0.1) is 5.52 Å². The molecule has 0 radical (unpaired) electrons. The molecule has 0 atom stereocenters. The Morgan fingerprint density at radius 2 is 1.84 bits per heavy atom. The van der Waals surface area contributed by atoms with Crippen molar-refractivity contribution in [2.45, 2.75) is 33.6 Å². The number of carbonyl (C=O) groups is 1. The maximum Gasteiger partial charge on any atom is 0.221 e. The van der Waals surface area contributed by atoms with Crippen LogP contribution in [0.4, 0.5) is 17.2 Å². The minimum Gasteiger partial charge on any atom is -0.339 e. The summed E-state index contributed by atoms with van der Waals surface area (Å²) in [6.45, 7) is 7.68. The summed E-state index contributed by atoms with van der Waals surface area (Å²) in [5, 5.41) is 7.20. The van der Waals surface area contributed by atoms with Crippen molar-refractivity contribution >= 4 is 34.0 Å². The SMILES string of the molecule is CC(=O)Nc1ccc(C)c(Nc2nc(C(C)C)nc3ccccc23)c1. The van der Waals surface area contributed by atoms with Gasteiger partial charge in [0, 0.05) is 29.6 Å². The number of fused-ring (bicyclic) bond motifs is 1. The number of benzene rings is 2. The van der Waals surface area contributed by atoms with Gasteiger partial charge in [-0.3, -0.25) is 4.79 Å². The molecule has 2 N–H and O–H groups in total. The fourth-order valence-corrected chi connectivity index (χ4v) is 2.61. The zero-order chi connectivity index (χ0) is 18.0. The van der Waals surface area contributed by atoms with Gasteiger partial charge in [0.15, 0.2) is 0 Å². The van der Waals surface area contributed by atoms with Crippen molar-refractivity contribution in [1.29, 1.82) is 0 Å². The third kappa shape index (κ3) is 3.76. The molecule has 0 bridgehead atoms. The Hall–Kier alpha value is -2.95. The molecule has 3 rings (SSSR count). The molecule has 0 unspecified atom stereocenters. The summed E-state index contributed by atoms with van der Waals surface area (Å²) in [5.74, 6) is 1.72. The van der Waals surface area contributed by atoms with Gasteiger partial charge in [0.1, 0.15) is 11.6 Å². The Kier molecular flexibility index (Phi) is 4.65. The molecule has 1 amide bonds. The van der Waals surface area contributed by atoms with Crippen LogP contribution >= 0.6 is 0 Å². The number of hydrogen-bond acceptors (Lipinski definition) is 4. The topological polar surface area (TPSA) is 66.9 Å². The number of nitrogens with one attached hydrogen (secondary N) is 2. The molecule has 0 spiro atoms. The molecule has 0 saturated heterocycles. The lowest BCUT2D eigenvalue weighted by Crippen LogP contribution is -2.07. The molecule has 2 aromatic carbocycles. The van der Waals surface area contributed by atoms with Crippen molar-refractivity contribution in [2.24, 2.45) is 0 Å². The second-order valence-electron chi connectivity index (χ2n) is 6.44. The normalized spacial score (nSPS) is 10.9. The molecule has 0 aliphatic carbocycles. The average molecular weight is 334 g/mol. The van der Waals surface area contributed by atoms with E-state index in [0.29, 0.717) is 0 Å². The van der Waals surface area contributed by atoms with Gasteiger partial charge in [-0.05, 0) is 36.8 Å². The minimum absolute atomic E-state index is 0.0932. The van der Waals surface area contributed by atoms with Crippen LogP contribution in [0.15, 0.2) is 42.5 Å². The summed E-state index contributed by atoms with van der Waals surface area (Å²) < 4.78 is 0. The van der Waals surface area contributed by atoms with Crippen LogP contribution in [-0.4, -0.2) is 15.9 Å². The van der Waals surface area contributed by atoms with Gasteiger partial charge in [0.2, 0.25) is 5.91 Å². The summed E-state index contributed by atoms with van der Waals surface area (Å²) in [4.78, 5) is 20.7. The fraction of sp³-hybridized carbons (Fsp3) is 0.250. The van der Waals surface area contributed by atoms with Gasteiger partial charge in [-0.25, -0.2) is 9.97 Å². The van der Waals surface area contributed by atoms with E-state index < -0.39 is 0 Å². The highest BCUT2D eigenvalue weighted by atomic mass is 16.1. The van der Waals surface area contributed by atoms with Crippen LogP contribution in [0, 0.1) is 6.92 Å². The van der Waals surface area contributed by atoms with E-state index in [-0.39, 0.29) is 11.8 Å². The molecule has 0 aliphatic heterocycles. The zero-order valence-electron chi connectivity index (χ0n) is 14.9. The van der Waals surface area contributed by atoms with Crippen molar-refractivity contribution in [1.82, 2.24) is 9.97 Å². The number of aromatic nitrogens is 2. The Balaban J connectivity index is 2.07. The molecule has 0 aliphatic rings. The van der Waals surface area contributed by atoms with Gasteiger partial charge in [-0.15, -0.1) is 0 Å². The highest BCUT2D eigenvalue weighted by molar-refractivity contribution is 5.92. The zero-order valence-corrected chi connectivity index (χ0v) is 14.9. The molecular weight excluding hydrogens is 312 g/mol. The summed E-state index contributed by atoms with van der Waals surface area (Å²) >= 11 is 0. The van der Waals surface area contributed by atoms with Gasteiger partial charge in [-0.1, -0.05) is 32.0 Å². The number of rotatable bonds is 4. The Morgan fingerprint density at radius 1 is 1.08 bits per heavy atom. The Labute approximate surface area is 147 Å². The molecule has 5 nitrogen and oxygen atoms in total. The maximum absolute atomic E-state index is 11.3. The largest absolute Gasteiger partial charge is 0.339 e. The van der Waals surface area contributed by atoms with Crippen molar-refractivity contribution in [3.05, 3.63) is 53.9 Å². The van der Waals surface area contributed by atoms with Crippen LogP contribution in [0.3, 0.4) is 0 Å². The first-order chi connectivity index (χ1) is 11.9. The first kappa shape index (κ1) is 16.9. The number of para-hydroxylation sites is 1. The van der Waals surface area contributed by atoms with Crippen molar-refractivity contribution in [2.75, 3.05) is 10.6 Å². The highest BCUT2D eigenvalue weighted by Gasteiger charge is 2.11. The second-order valence-corrected chi connectivity index (χ2v) is 6.44. The van der Waals surface area contributed by atoms with Gasteiger partial charge in [0.25, 0.3) is 0 Å². The lowest BCUT2D eigenvalue weighted by Gasteiger charge is -2.15. The quantitative estimate of drug-likeness (QED) is 0.721. The maximum atomic E-state index is 11.3. The van der Waals surface area contributed by atoms with E-state index in [9.17, 15) is 4.79 Å². The molecule has 1 aromatic heterocycles. The van der Waals surface area contributed by atoms with Crippen LogP contribution < -0.4 is 10.6 Å². The molecule has 0 saturated carbocycles. The lowest BCUT2D eigenvalue weighted by atomic mass is 10.1. The predicted molar refractivity (Wildman–Crippen MR) is 102 cm³/mol. The molecular formula is C20H22N4O. The van der Waals surface area contributed by atoms with E-state index in [1.807, 2.05) is 49.4 Å². The Morgan fingerprint density at radius 3 is 2.56 bits per heavy atom. The number of hydrogen-bond donors (Lipinski definition) is 2. The van der Waals surface area contributed by atoms with E-state index in [2.05, 4.69) is 29.5 Å². The summed E-state index contributed by atoms with van der Waals surface area (Å²) in [7, 11) is 0. The monoisotopic (exact) mass is 334 g/mol. The van der Waals surface area contributed by atoms with Crippen molar-refractivity contribution in [3.63, 3.8) is 0 Å². The van der Waals surface area contributed by atoms with E-state index >= 15 is 0 Å². The third-order valence-electron chi connectivity index (χ3n) is 3.95. The predicted octanol–water partition coefficient (Wildman–Crippen LogP) is 4.76. The van der Waals surface area contributed by atoms with E-state index in [0.717, 1.165) is 39.5 Å². The first-order valence-electron chi connectivity index (χ1n) is 8.36. The van der Waals surface area contributed by atoms with E-state index in [1.54, 1.807) is 0 Å². The lowest BCUT2D eigenvalue weighted by molar-refractivity contribution is -0.114. The van der Waals surface area contributed by atoms with Crippen LogP contribution in [-0.2, 0) is 4.79 Å². The average Bonchev–Trinajstić information content (AvgIpc) is 2.57. The van der Waals surface area contributed by atoms with E-state index in [4.69, 9.17) is 4.98 Å². The number of amides is 1. The van der Waals surface area contributed by atoms with Crippen LogP contribution in [0.5, 0.6) is 0 Å². The standard InChI is InChI=1S/C20H22N4O/c1-12(2)19-22-17-8-6-5-7-16(17)20(24-19)23-18-11-15(21-14(4)25)10-9-13(18)3/h5-12H,1-4H3,(H,21,25)(H,22,23,24). The van der Waals surface area contributed by atoms with Gasteiger partial charge >= 0.3 is 0 Å². The number of nitrogens with zero attached hydrogens (tertiary/aromatic N) is 2. The smallest absolute Gasteiger partial charge is 0.221 e. The highest BCUT2D eigenvalue weighted by Crippen LogP contribution is 2.28. The minimum atomic E-state index is -0.0932. The molecule has 5 heteroatoms. The van der Waals surface area contributed by atoms with Crippen molar-refractivity contribution < 1.29 is 4.79 Å². The van der Waals surface area contributed by atoms with Crippen molar-refractivity contribution in [3.8, 4) is 0 Å². The van der Waals surface area contributed by atoms with Gasteiger partial charge in [-0.2, -0.15) is 0 Å².